The maximum atomic E-state index is 13.0. The zero-order chi connectivity index (χ0) is 16.9. The van der Waals surface area contributed by atoms with Crippen molar-refractivity contribution in [3.63, 3.8) is 0 Å². The van der Waals surface area contributed by atoms with Crippen molar-refractivity contribution in [3.05, 3.63) is 59.8 Å². The molecule has 1 saturated heterocycles. The van der Waals surface area contributed by atoms with Crippen LogP contribution in [-0.4, -0.2) is 35.5 Å². The fraction of sp³-hybridized carbons (Fsp3) is 0.400. The number of ether oxygens (including phenoxy) is 1. The van der Waals surface area contributed by atoms with Crippen molar-refractivity contribution >= 4 is 5.91 Å². The van der Waals surface area contributed by atoms with Gasteiger partial charge < -0.3 is 9.64 Å². The molecule has 1 aliphatic rings. The highest BCUT2D eigenvalue weighted by atomic mass is 16.5. The lowest BCUT2D eigenvalue weighted by Gasteiger charge is -2.31. The molecular weight excluding hydrogens is 300 g/mol. The normalized spacial score (nSPS) is 18.4. The first-order valence-corrected chi connectivity index (χ1v) is 8.60. The minimum Gasteiger partial charge on any atom is -0.481 e. The van der Waals surface area contributed by atoms with Crippen molar-refractivity contribution in [2.75, 3.05) is 13.7 Å². The molecule has 2 aromatic rings. The first kappa shape index (κ1) is 16.5. The van der Waals surface area contributed by atoms with Gasteiger partial charge in [-0.15, -0.1) is 0 Å². The van der Waals surface area contributed by atoms with Crippen LogP contribution in [0.2, 0.25) is 0 Å². The second-order valence-electron chi connectivity index (χ2n) is 6.22. The third kappa shape index (κ3) is 3.28. The molecule has 0 radical (unpaired) electrons. The number of hydrogen-bond donors (Lipinski definition) is 0. The molecule has 2 unspecified atom stereocenters. The minimum atomic E-state index is 0.0713. The summed E-state index contributed by atoms with van der Waals surface area (Å²) in [4.78, 5) is 19.2. The van der Waals surface area contributed by atoms with Gasteiger partial charge in [-0.25, -0.2) is 4.98 Å². The number of hydrogen-bond acceptors (Lipinski definition) is 3. The van der Waals surface area contributed by atoms with Crippen molar-refractivity contribution in [2.45, 2.75) is 38.1 Å². The predicted octanol–water partition coefficient (Wildman–Crippen LogP) is 3.89. The zero-order valence-corrected chi connectivity index (χ0v) is 14.3. The van der Waals surface area contributed by atoms with Crippen LogP contribution in [0, 0.1) is 0 Å². The number of amides is 1. The Hall–Kier alpha value is -2.36. The highest BCUT2D eigenvalue weighted by molar-refractivity contribution is 5.94. The van der Waals surface area contributed by atoms with Crippen LogP contribution in [0.25, 0.3) is 0 Å². The van der Waals surface area contributed by atoms with E-state index in [2.05, 4.69) is 36.2 Å². The van der Waals surface area contributed by atoms with Gasteiger partial charge in [0.05, 0.1) is 12.7 Å². The molecule has 0 aliphatic carbocycles. The molecule has 4 heteroatoms. The molecule has 0 N–H and O–H groups in total. The molecule has 0 spiro atoms. The number of aromatic nitrogens is 1. The van der Waals surface area contributed by atoms with Gasteiger partial charge in [-0.3, -0.25) is 4.79 Å². The smallest absolute Gasteiger partial charge is 0.255 e. The summed E-state index contributed by atoms with van der Waals surface area (Å²) in [7, 11) is 1.58. The summed E-state index contributed by atoms with van der Waals surface area (Å²) in [6, 6.07) is 14.3. The van der Waals surface area contributed by atoms with Crippen LogP contribution in [0.3, 0.4) is 0 Å². The van der Waals surface area contributed by atoms with E-state index in [1.807, 2.05) is 11.0 Å². The Balaban J connectivity index is 1.82. The number of carbonyl (C=O) groups is 1. The zero-order valence-electron chi connectivity index (χ0n) is 14.3. The predicted molar refractivity (Wildman–Crippen MR) is 94.3 cm³/mol. The van der Waals surface area contributed by atoms with Gasteiger partial charge in [-0.2, -0.15) is 0 Å². The van der Waals surface area contributed by atoms with Gasteiger partial charge >= 0.3 is 0 Å². The van der Waals surface area contributed by atoms with Gasteiger partial charge in [0.2, 0.25) is 5.88 Å². The third-order valence-electron chi connectivity index (χ3n) is 4.88. The SMILES string of the molecule is CCC(c1ccccc1)C1CCCN1C(=O)c1ccc(OC)nc1. The summed E-state index contributed by atoms with van der Waals surface area (Å²) >= 11 is 0. The first-order valence-electron chi connectivity index (χ1n) is 8.60. The Morgan fingerprint density at radius 1 is 1.29 bits per heavy atom. The third-order valence-corrected chi connectivity index (χ3v) is 4.88. The van der Waals surface area contributed by atoms with Crippen LogP contribution < -0.4 is 4.74 Å². The Morgan fingerprint density at radius 3 is 2.71 bits per heavy atom. The van der Waals surface area contributed by atoms with Gasteiger partial charge in [-0.05, 0) is 30.9 Å². The molecule has 1 aromatic carbocycles. The van der Waals surface area contributed by atoms with Gasteiger partial charge in [0.25, 0.3) is 5.91 Å². The average Bonchev–Trinajstić information content (AvgIpc) is 3.12. The average molecular weight is 324 g/mol. The fourth-order valence-electron chi connectivity index (χ4n) is 3.69. The van der Waals surface area contributed by atoms with Crippen LogP contribution >= 0.6 is 0 Å². The highest BCUT2D eigenvalue weighted by Gasteiger charge is 2.35. The van der Waals surface area contributed by atoms with Crippen molar-refractivity contribution in [2.24, 2.45) is 0 Å². The quantitative estimate of drug-likeness (QED) is 0.838. The Labute approximate surface area is 143 Å². The molecule has 1 fully saturated rings. The molecule has 3 rings (SSSR count). The summed E-state index contributed by atoms with van der Waals surface area (Å²) in [6.45, 7) is 3.02. The number of methoxy groups -OCH3 is 1. The van der Waals surface area contributed by atoms with Crippen LogP contribution in [0.4, 0.5) is 0 Å². The van der Waals surface area contributed by atoms with E-state index >= 15 is 0 Å². The summed E-state index contributed by atoms with van der Waals surface area (Å²) in [5, 5.41) is 0. The van der Waals surface area contributed by atoms with Gasteiger partial charge in [0.1, 0.15) is 0 Å². The number of carbonyl (C=O) groups excluding carboxylic acids is 1. The Kier molecular flexibility index (Phi) is 5.14. The molecule has 2 heterocycles. The molecule has 4 nitrogen and oxygen atoms in total. The number of pyridine rings is 1. The topological polar surface area (TPSA) is 42.4 Å². The monoisotopic (exact) mass is 324 g/mol. The van der Waals surface area contributed by atoms with Crippen molar-refractivity contribution < 1.29 is 9.53 Å². The second-order valence-corrected chi connectivity index (χ2v) is 6.22. The van der Waals surface area contributed by atoms with Gasteiger partial charge in [0.15, 0.2) is 0 Å². The van der Waals surface area contributed by atoms with E-state index in [-0.39, 0.29) is 11.9 Å². The largest absolute Gasteiger partial charge is 0.481 e. The van der Waals surface area contributed by atoms with Crippen LogP contribution in [0.1, 0.15) is 48.0 Å². The summed E-state index contributed by atoms with van der Waals surface area (Å²) in [5.41, 5.74) is 1.95. The lowest BCUT2D eigenvalue weighted by molar-refractivity contribution is 0.0714. The summed E-state index contributed by atoms with van der Waals surface area (Å²) in [5.74, 6) is 0.978. The van der Waals surface area contributed by atoms with E-state index in [0.717, 1.165) is 25.8 Å². The van der Waals surface area contributed by atoms with Crippen LogP contribution in [0.5, 0.6) is 5.88 Å². The molecule has 1 aromatic heterocycles. The lowest BCUT2D eigenvalue weighted by Crippen LogP contribution is -2.39. The lowest BCUT2D eigenvalue weighted by atomic mass is 9.87. The Bertz CT molecular complexity index is 670. The molecule has 2 atom stereocenters. The van der Waals surface area contributed by atoms with E-state index in [0.29, 0.717) is 17.4 Å². The maximum Gasteiger partial charge on any atom is 0.255 e. The molecule has 24 heavy (non-hydrogen) atoms. The minimum absolute atomic E-state index is 0.0713. The van der Waals surface area contributed by atoms with E-state index in [9.17, 15) is 4.79 Å². The fourth-order valence-corrected chi connectivity index (χ4v) is 3.69. The number of likely N-dealkylation sites (tertiary alicyclic amines) is 1. The maximum absolute atomic E-state index is 13.0. The van der Waals surface area contributed by atoms with Crippen molar-refractivity contribution in [1.29, 1.82) is 0 Å². The van der Waals surface area contributed by atoms with Crippen LogP contribution in [0.15, 0.2) is 48.7 Å². The van der Waals surface area contributed by atoms with E-state index in [1.54, 1.807) is 25.4 Å². The second kappa shape index (κ2) is 7.47. The van der Waals surface area contributed by atoms with Crippen molar-refractivity contribution in [1.82, 2.24) is 9.88 Å². The summed E-state index contributed by atoms with van der Waals surface area (Å²) < 4.78 is 5.07. The summed E-state index contributed by atoms with van der Waals surface area (Å²) in [6.07, 6.45) is 4.76. The molecule has 1 amide bonds. The van der Waals surface area contributed by atoms with Gasteiger partial charge in [-0.1, -0.05) is 37.3 Å². The van der Waals surface area contributed by atoms with E-state index in [4.69, 9.17) is 4.74 Å². The molecule has 0 bridgehead atoms. The van der Waals surface area contributed by atoms with Crippen LogP contribution in [-0.2, 0) is 0 Å². The van der Waals surface area contributed by atoms with E-state index in [1.165, 1.54) is 5.56 Å². The first-order chi connectivity index (χ1) is 11.7. The number of rotatable bonds is 5. The number of nitrogens with zero attached hydrogens (tertiary/aromatic N) is 2. The highest BCUT2D eigenvalue weighted by Crippen LogP contribution is 2.34. The molecule has 126 valence electrons. The van der Waals surface area contributed by atoms with E-state index < -0.39 is 0 Å². The molecule has 0 saturated carbocycles. The Morgan fingerprint density at radius 2 is 2.08 bits per heavy atom. The molecule has 1 aliphatic heterocycles. The number of benzene rings is 1. The standard InChI is InChI=1S/C20H24N2O2/c1-3-17(15-8-5-4-6-9-15)18-10-7-13-22(18)20(23)16-11-12-19(24-2)21-14-16/h4-6,8-9,11-12,14,17-18H,3,7,10,13H2,1-2H3. The molecular formula is C20H24N2O2. The van der Waals surface area contributed by atoms with Crippen molar-refractivity contribution in [3.8, 4) is 5.88 Å². The van der Waals surface area contributed by atoms with Gasteiger partial charge in [0, 0.05) is 30.8 Å².